The molecule has 22 aromatic rings. The smallest absolute Gasteiger partial charge is 0.150 e. The molecule has 14 heteroatoms. The molecule has 0 bridgehead atoms. The van der Waals surface area contributed by atoms with Crippen molar-refractivity contribution in [2.75, 3.05) is 0 Å². The Kier molecular flexibility index (Phi) is 15.7. The van der Waals surface area contributed by atoms with Crippen molar-refractivity contribution in [1.29, 1.82) is 0 Å². The summed E-state index contributed by atoms with van der Waals surface area (Å²) in [4.78, 5) is 0. The molecule has 3 aliphatic carbocycles. The first-order valence-electron chi connectivity index (χ1n) is 37.6. The van der Waals surface area contributed by atoms with Crippen LogP contribution in [0.1, 0.15) is 69.5 Å². The van der Waals surface area contributed by atoms with Crippen molar-refractivity contribution in [3.63, 3.8) is 0 Å². The lowest BCUT2D eigenvalue weighted by Crippen LogP contribution is -2.28. The third-order valence-electron chi connectivity index (χ3n) is 24.3. The van der Waals surface area contributed by atoms with Gasteiger partial charge in [-0.3, -0.25) is 0 Å². The molecule has 3 aliphatic rings. The maximum absolute atomic E-state index is 14.4. The van der Waals surface area contributed by atoms with Crippen molar-refractivity contribution in [1.82, 2.24) is 0 Å². The van der Waals surface area contributed by atoms with Crippen LogP contribution in [0.5, 0.6) is 0 Å². The summed E-state index contributed by atoms with van der Waals surface area (Å²) >= 11 is 25.3. The van der Waals surface area contributed by atoms with Crippen LogP contribution in [-0.2, 0) is 16.2 Å². The minimum Gasteiger partial charge on any atom is -0.455 e. The molecule has 6 aromatic heterocycles. The van der Waals surface area contributed by atoms with Crippen molar-refractivity contribution in [3.8, 4) is 33.4 Å². The number of halogens is 8. The van der Waals surface area contributed by atoms with Gasteiger partial charge in [-0.05, 0) is 200 Å². The molecule has 115 heavy (non-hydrogen) atoms. The first-order valence-corrected chi connectivity index (χ1v) is 43.2. The molecule has 5 nitrogen and oxygen atoms in total. The Morgan fingerprint density at radius 3 is 0.957 bits per heavy atom. The maximum atomic E-state index is 14.4. The number of hydrogen-bond donors (Lipinski definition) is 0. The number of benzene rings is 16. The average molecular weight is 1900 g/mol. The van der Waals surface area contributed by atoms with E-state index in [4.69, 9.17) is 22.1 Å². The summed E-state index contributed by atoms with van der Waals surface area (Å²) in [6.45, 7) is 4.58. The summed E-state index contributed by atoms with van der Waals surface area (Å²) in [5.74, 6) is -0.661. The highest BCUT2D eigenvalue weighted by Gasteiger charge is 2.52. The van der Waals surface area contributed by atoms with Gasteiger partial charge in [0.1, 0.15) is 67.5 Å². The maximum Gasteiger partial charge on any atom is 0.150 e. The van der Waals surface area contributed by atoms with Gasteiger partial charge in [-0.15, -0.1) is 11.3 Å². The predicted molar refractivity (Wildman–Crippen MR) is 487 cm³/mol. The predicted octanol–water partition coefficient (Wildman–Crippen LogP) is 32.8. The van der Waals surface area contributed by atoms with Crippen LogP contribution >= 0.6 is 107 Å². The van der Waals surface area contributed by atoms with Crippen LogP contribution in [0.15, 0.2) is 340 Å². The largest absolute Gasteiger partial charge is 0.455 e. The Morgan fingerprint density at radius 1 is 0.252 bits per heavy atom. The second kappa shape index (κ2) is 25.7. The van der Waals surface area contributed by atoms with Gasteiger partial charge in [0.2, 0.25) is 0 Å². The second-order valence-corrected chi connectivity index (χ2v) is 36.5. The van der Waals surface area contributed by atoms with Crippen molar-refractivity contribution < 1.29 is 30.9 Å². The van der Waals surface area contributed by atoms with Crippen molar-refractivity contribution in [2.45, 2.75) is 30.1 Å². The van der Waals surface area contributed by atoms with E-state index in [1.165, 1.54) is 105 Å². The molecular weight excluding hydrogens is 1840 g/mol. The monoisotopic (exact) mass is 1890 g/mol. The molecule has 25 rings (SSSR count). The van der Waals surface area contributed by atoms with Gasteiger partial charge in [0.25, 0.3) is 0 Å². The minimum absolute atomic E-state index is 0.171. The number of thiophene rings is 1. The van der Waals surface area contributed by atoms with Crippen molar-refractivity contribution in [2.24, 2.45) is 0 Å². The number of rotatable bonds is 4. The van der Waals surface area contributed by atoms with Crippen LogP contribution in [-0.4, -0.2) is 0 Å². The molecule has 0 amide bonds. The molecule has 0 aliphatic heterocycles. The highest BCUT2D eigenvalue weighted by molar-refractivity contribution is 9.11. The van der Waals surface area contributed by atoms with Crippen LogP contribution in [0, 0.1) is 11.6 Å². The van der Waals surface area contributed by atoms with Crippen molar-refractivity contribution in [3.05, 3.63) is 385 Å². The Hall–Kier alpha value is -10.5. The van der Waals surface area contributed by atoms with Crippen LogP contribution < -0.4 is 0 Å². The molecule has 16 aromatic carbocycles. The van der Waals surface area contributed by atoms with Crippen LogP contribution in [0.3, 0.4) is 0 Å². The van der Waals surface area contributed by atoms with Gasteiger partial charge in [0.15, 0.2) is 0 Å². The van der Waals surface area contributed by atoms with E-state index in [-0.39, 0.29) is 17.0 Å². The number of fused-ring (bicyclic) bond motifs is 33. The Bertz CT molecular complexity index is 7900. The fraction of sp³-hybridized carbons (Fsp3) is 0.0495. The van der Waals surface area contributed by atoms with Gasteiger partial charge in [-0.1, -0.05) is 256 Å². The first-order chi connectivity index (χ1) is 56.1. The van der Waals surface area contributed by atoms with Gasteiger partial charge in [-0.2, -0.15) is 0 Å². The molecule has 0 saturated carbocycles. The third kappa shape index (κ3) is 9.70. The zero-order valence-corrected chi connectivity index (χ0v) is 71.0. The summed E-state index contributed by atoms with van der Waals surface area (Å²) in [5, 5.41) is 13.3. The molecule has 0 N–H and O–H groups in total. The van der Waals surface area contributed by atoms with E-state index in [2.05, 4.69) is 285 Å². The molecule has 6 heterocycles. The Labute approximate surface area is 709 Å². The van der Waals surface area contributed by atoms with Gasteiger partial charge in [-0.25, -0.2) is 8.78 Å². The number of furan rings is 5. The Morgan fingerprint density at radius 2 is 0.530 bits per heavy atom. The van der Waals surface area contributed by atoms with Gasteiger partial charge in [0.05, 0.1) is 24.2 Å². The molecule has 0 unspecified atom stereocenters. The highest BCUT2D eigenvalue weighted by Crippen LogP contribution is 2.66. The molecule has 550 valence electrons. The quantitative estimate of drug-likeness (QED) is 0.176. The van der Waals surface area contributed by atoms with E-state index in [1.54, 1.807) is 0 Å². The molecular formula is C101H54Br6F2O5S. The topological polar surface area (TPSA) is 65.7 Å². The SMILES string of the molecule is Brc1cc2c(c3c1oc1ccccc13)-c1c(cc(Br)c3c1sc1ccccc13)C2(c1ccccc1)c1ccccc1.CC1(C)c2cc(Br)c3c(oc4ccccc43)c2-c2c1cc(Br)c1oc3ccccc3c21.Fc1ccc(C2(c3ccc(F)cc3)c3cc(Br)c4c(oc5ccccc54)c3-c3c2cc(Br)c2oc4ccccc4c32)cc1. The van der Waals surface area contributed by atoms with Gasteiger partial charge >= 0.3 is 0 Å². The summed E-state index contributed by atoms with van der Waals surface area (Å²) in [6, 6.07) is 98.3. The molecule has 0 atom stereocenters. The molecule has 0 saturated heterocycles. The van der Waals surface area contributed by atoms with Gasteiger partial charge in [0, 0.05) is 126 Å². The zero-order chi connectivity index (χ0) is 77.4. The van der Waals surface area contributed by atoms with E-state index >= 15 is 0 Å². The standard InChI is InChI=1S/C37H18Br2F2O2.C37H20Br2OS.C27H16Br2O2/c38-27-17-26-34(36-31(27)23-5-1-3-7-29(23)43-36)33-25(18-28(39)35-32(33)24-6-2-4-8-30(24)42-35)37(26,19-9-13-21(40)14-10-19)20-11-15-22(41)16-12-20;38-27-19-26-34(36-31(27)24-16-8-10-18-30(24)41-36)33-25(20-28(39)35-32(33)23-15-7-9-17-29(23)40-35)37(26,21-11-3-1-4-12-21)22-13-5-2-6-14-22;1-27(2)15-12-18(29)25-22(14-8-4-6-10-20(14)30-25)23(15)24-16(27)11-17(28)21-13-7-3-5-9-19(13)31-26(21)24/h1-18H;1-20H;3-12H,1-2H3. The third-order valence-corrected chi connectivity index (χ3v) is 29.1. The Balaban J connectivity index is 0.000000103. The summed E-state index contributed by atoms with van der Waals surface area (Å²) in [5.41, 5.74) is 24.9. The van der Waals surface area contributed by atoms with E-state index in [0.717, 1.165) is 165 Å². The summed E-state index contributed by atoms with van der Waals surface area (Å²) < 4.78 is 69.8. The molecule has 0 radical (unpaired) electrons. The van der Waals surface area contributed by atoms with Crippen LogP contribution in [0.25, 0.3) is 163 Å². The number of para-hydroxylation sites is 5. The van der Waals surface area contributed by atoms with Crippen molar-refractivity contribution >= 4 is 237 Å². The van der Waals surface area contributed by atoms with E-state index in [0.29, 0.717) is 0 Å². The minimum atomic E-state index is -0.934. The highest BCUT2D eigenvalue weighted by atomic mass is 79.9. The van der Waals surface area contributed by atoms with Gasteiger partial charge < -0.3 is 22.1 Å². The van der Waals surface area contributed by atoms with Crippen LogP contribution in [0.4, 0.5) is 8.78 Å². The lowest BCUT2D eigenvalue weighted by molar-refractivity contribution is 0.622. The summed E-state index contributed by atoms with van der Waals surface area (Å²) in [6.07, 6.45) is 0. The zero-order valence-electron chi connectivity index (χ0n) is 60.7. The fourth-order valence-corrected chi connectivity index (χ4v) is 24.4. The average Bonchev–Trinajstić information content (AvgIpc) is 1.51. The lowest BCUT2D eigenvalue weighted by Gasteiger charge is -2.34. The fourth-order valence-electron chi connectivity index (χ4n) is 19.6. The second-order valence-electron chi connectivity index (χ2n) is 30.4. The summed E-state index contributed by atoms with van der Waals surface area (Å²) in [7, 11) is 0. The number of hydrogen-bond acceptors (Lipinski definition) is 6. The van der Waals surface area contributed by atoms with E-state index < -0.39 is 10.8 Å². The normalized spacial score (nSPS) is 14.0. The molecule has 0 fully saturated rings. The molecule has 0 spiro atoms. The van der Waals surface area contributed by atoms with E-state index in [1.807, 2.05) is 102 Å². The lowest BCUT2D eigenvalue weighted by atomic mass is 9.67. The first kappa shape index (κ1) is 69.9. The van der Waals surface area contributed by atoms with Crippen LogP contribution in [0.2, 0.25) is 0 Å². The van der Waals surface area contributed by atoms with E-state index in [9.17, 15) is 8.78 Å².